The van der Waals surface area contributed by atoms with Gasteiger partial charge in [0, 0.05) is 19.0 Å². The van der Waals surface area contributed by atoms with Crippen LogP contribution in [0.25, 0.3) is 0 Å². The SMILES string of the molecule is Cc1n[nH]c(C)c1S(=O)(=O)N(CCC(N)=S)C1CC1. The van der Waals surface area contributed by atoms with E-state index < -0.39 is 10.0 Å². The van der Waals surface area contributed by atoms with Crippen LogP contribution in [0, 0.1) is 13.8 Å². The van der Waals surface area contributed by atoms with Crippen molar-refractivity contribution in [3.8, 4) is 0 Å². The van der Waals surface area contributed by atoms with E-state index in [1.807, 2.05) is 0 Å². The summed E-state index contributed by atoms with van der Waals surface area (Å²) in [6, 6.07) is 0.0769. The smallest absolute Gasteiger partial charge is 0.246 e. The largest absolute Gasteiger partial charge is 0.393 e. The maximum Gasteiger partial charge on any atom is 0.246 e. The second-order valence-electron chi connectivity index (χ2n) is 4.83. The standard InChI is InChI=1S/C11H18N4O2S2/c1-7-11(8(2)14-13-7)19(16,17)15(9-3-4-9)6-5-10(12)18/h9H,3-6H2,1-2H3,(H2,12,18)(H,13,14). The Morgan fingerprint density at radius 3 is 2.58 bits per heavy atom. The number of nitrogens with two attached hydrogens (primary N) is 1. The highest BCUT2D eigenvalue weighted by Crippen LogP contribution is 2.33. The van der Waals surface area contributed by atoms with E-state index in [4.69, 9.17) is 18.0 Å². The first-order valence-corrected chi connectivity index (χ1v) is 8.00. The van der Waals surface area contributed by atoms with Gasteiger partial charge >= 0.3 is 0 Å². The Hall–Kier alpha value is -0.990. The quantitative estimate of drug-likeness (QED) is 0.760. The van der Waals surface area contributed by atoms with Crippen molar-refractivity contribution in [1.29, 1.82) is 0 Å². The van der Waals surface area contributed by atoms with E-state index in [1.165, 1.54) is 4.31 Å². The van der Waals surface area contributed by atoms with Crippen LogP contribution >= 0.6 is 12.2 Å². The van der Waals surface area contributed by atoms with E-state index >= 15 is 0 Å². The number of hydrogen-bond donors (Lipinski definition) is 2. The molecule has 1 heterocycles. The normalized spacial score (nSPS) is 15.9. The molecule has 0 unspecified atom stereocenters. The number of aromatic nitrogens is 2. The van der Waals surface area contributed by atoms with Crippen LogP contribution in [0.2, 0.25) is 0 Å². The molecule has 3 N–H and O–H groups in total. The van der Waals surface area contributed by atoms with Crippen molar-refractivity contribution >= 4 is 27.2 Å². The highest BCUT2D eigenvalue weighted by atomic mass is 32.2. The zero-order valence-corrected chi connectivity index (χ0v) is 12.6. The first kappa shape index (κ1) is 14.4. The van der Waals surface area contributed by atoms with E-state index in [0.717, 1.165) is 12.8 Å². The van der Waals surface area contributed by atoms with Crippen LogP contribution < -0.4 is 5.73 Å². The number of hydrogen-bond acceptors (Lipinski definition) is 4. The fourth-order valence-electron chi connectivity index (χ4n) is 2.12. The molecule has 0 aromatic carbocycles. The third-order valence-electron chi connectivity index (χ3n) is 3.16. The summed E-state index contributed by atoms with van der Waals surface area (Å²) >= 11 is 4.83. The van der Waals surface area contributed by atoms with Crippen LogP contribution in [0.15, 0.2) is 4.90 Å². The van der Waals surface area contributed by atoms with Crippen molar-refractivity contribution in [1.82, 2.24) is 14.5 Å². The molecule has 0 amide bonds. The summed E-state index contributed by atoms with van der Waals surface area (Å²) in [6.45, 7) is 3.74. The molecule has 1 aliphatic carbocycles. The average Bonchev–Trinajstić information content (AvgIpc) is 3.04. The molecule has 1 aromatic rings. The predicted molar refractivity (Wildman–Crippen MR) is 76.4 cm³/mol. The Morgan fingerprint density at radius 1 is 1.53 bits per heavy atom. The van der Waals surface area contributed by atoms with Crippen LogP contribution in [0.5, 0.6) is 0 Å². The van der Waals surface area contributed by atoms with Crippen LogP contribution in [0.3, 0.4) is 0 Å². The van der Waals surface area contributed by atoms with Crippen LogP contribution in [-0.2, 0) is 10.0 Å². The van der Waals surface area contributed by atoms with Gasteiger partial charge < -0.3 is 5.73 Å². The minimum absolute atomic E-state index is 0.0769. The van der Waals surface area contributed by atoms with Gasteiger partial charge in [-0.15, -0.1) is 0 Å². The second kappa shape index (κ2) is 5.18. The summed E-state index contributed by atoms with van der Waals surface area (Å²) in [5.74, 6) is 0. The van der Waals surface area contributed by atoms with Gasteiger partial charge in [0.25, 0.3) is 0 Å². The zero-order chi connectivity index (χ0) is 14.2. The predicted octanol–water partition coefficient (Wildman–Crippen LogP) is 0.856. The lowest BCUT2D eigenvalue weighted by molar-refractivity contribution is 0.412. The molecular formula is C11H18N4O2S2. The van der Waals surface area contributed by atoms with Crippen molar-refractivity contribution < 1.29 is 8.42 Å². The van der Waals surface area contributed by atoms with Gasteiger partial charge in [0.15, 0.2) is 0 Å². The molecular weight excluding hydrogens is 284 g/mol. The van der Waals surface area contributed by atoms with Crippen molar-refractivity contribution in [3.63, 3.8) is 0 Å². The van der Waals surface area contributed by atoms with Gasteiger partial charge in [0.2, 0.25) is 10.0 Å². The van der Waals surface area contributed by atoms with Crippen molar-refractivity contribution in [2.75, 3.05) is 6.54 Å². The average molecular weight is 302 g/mol. The number of rotatable bonds is 6. The Kier molecular flexibility index (Phi) is 3.93. The maximum atomic E-state index is 12.7. The topological polar surface area (TPSA) is 92.1 Å². The maximum absolute atomic E-state index is 12.7. The summed E-state index contributed by atoms with van der Waals surface area (Å²) in [6.07, 6.45) is 2.19. The van der Waals surface area contributed by atoms with E-state index in [9.17, 15) is 8.42 Å². The number of thiocarbonyl (C=S) groups is 1. The number of aromatic amines is 1. The van der Waals surface area contributed by atoms with E-state index in [1.54, 1.807) is 13.8 Å². The number of sulfonamides is 1. The van der Waals surface area contributed by atoms with Gasteiger partial charge in [-0.2, -0.15) is 9.40 Å². The van der Waals surface area contributed by atoms with E-state index in [0.29, 0.717) is 29.3 Å². The summed E-state index contributed by atoms with van der Waals surface area (Å²) in [4.78, 5) is 0.615. The van der Waals surface area contributed by atoms with Gasteiger partial charge in [-0.25, -0.2) is 8.42 Å². The molecule has 1 aromatic heterocycles. The first-order chi connectivity index (χ1) is 8.84. The number of aryl methyl sites for hydroxylation is 2. The molecule has 0 spiro atoms. The minimum atomic E-state index is -3.53. The number of nitrogens with one attached hydrogen (secondary N) is 1. The fraction of sp³-hybridized carbons (Fsp3) is 0.636. The molecule has 19 heavy (non-hydrogen) atoms. The number of nitrogens with zero attached hydrogens (tertiary/aromatic N) is 2. The first-order valence-electron chi connectivity index (χ1n) is 6.15. The Balaban J connectivity index is 2.32. The summed E-state index contributed by atoms with van der Waals surface area (Å²) in [7, 11) is -3.53. The van der Waals surface area contributed by atoms with Crippen molar-refractivity contribution in [2.45, 2.75) is 44.0 Å². The zero-order valence-electron chi connectivity index (χ0n) is 11.0. The highest BCUT2D eigenvalue weighted by Gasteiger charge is 2.39. The lowest BCUT2D eigenvalue weighted by Gasteiger charge is -2.21. The van der Waals surface area contributed by atoms with Crippen LogP contribution in [-0.4, -0.2) is 40.5 Å². The van der Waals surface area contributed by atoms with Gasteiger partial charge in [0.05, 0.1) is 16.4 Å². The lowest BCUT2D eigenvalue weighted by Crippen LogP contribution is -2.36. The molecule has 0 saturated heterocycles. The summed E-state index contributed by atoms with van der Waals surface area (Å²) in [5, 5.41) is 6.67. The van der Waals surface area contributed by atoms with Gasteiger partial charge in [0.1, 0.15) is 4.90 Å². The number of H-pyrrole nitrogens is 1. The fourth-order valence-corrected chi connectivity index (χ4v) is 4.23. The molecule has 6 nitrogen and oxygen atoms in total. The molecule has 106 valence electrons. The van der Waals surface area contributed by atoms with Gasteiger partial charge in [-0.3, -0.25) is 5.10 Å². The summed E-state index contributed by atoms with van der Waals surface area (Å²) < 4.78 is 26.9. The molecule has 0 atom stereocenters. The molecule has 1 aliphatic rings. The molecule has 1 saturated carbocycles. The molecule has 0 bridgehead atoms. The third-order valence-corrected chi connectivity index (χ3v) is 5.58. The molecule has 2 rings (SSSR count). The highest BCUT2D eigenvalue weighted by molar-refractivity contribution is 7.89. The second-order valence-corrected chi connectivity index (χ2v) is 7.18. The van der Waals surface area contributed by atoms with Gasteiger partial charge in [-0.1, -0.05) is 12.2 Å². The monoisotopic (exact) mass is 302 g/mol. The van der Waals surface area contributed by atoms with Gasteiger partial charge in [-0.05, 0) is 26.7 Å². The molecule has 0 aliphatic heterocycles. The Bertz CT molecular complexity index is 570. The molecule has 8 heteroatoms. The molecule has 1 fully saturated rings. The van der Waals surface area contributed by atoms with E-state index in [2.05, 4.69) is 10.2 Å². The third kappa shape index (κ3) is 2.96. The Labute approximate surface area is 118 Å². The van der Waals surface area contributed by atoms with Crippen molar-refractivity contribution in [3.05, 3.63) is 11.4 Å². The Morgan fingerprint density at radius 2 is 2.16 bits per heavy atom. The summed E-state index contributed by atoms with van der Waals surface area (Å²) in [5.41, 5.74) is 6.54. The van der Waals surface area contributed by atoms with Crippen molar-refractivity contribution in [2.24, 2.45) is 5.73 Å². The van der Waals surface area contributed by atoms with E-state index in [-0.39, 0.29) is 10.9 Å². The minimum Gasteiger partial charge on any atom is -0.393 e. The lowest BCUT2D eigenvalue weighted by atomic mass is 10.4. The van der Waals surface area contributed by atoms with Crippen LogP contribution in [0.4, 0.5) is 0 Å². The van der Waals surface area contributed by atoms with Crippen LogP contribution in [0.1, 0.15) is 30.7 Å². The molecule has 0 radical (unpaired) electrons.